The van der Waals surface area contributed by atoms with Crippen LogP contribution in [-0.2, 0) is 6.54 Å². The van der Waals surface area contributed by atoms with Gasteiger partial charge in [0, 0.05) is 24.7 Å². The molecule has 30 heavy (non-hydrogen) atoms. The molecule has 3 N–H and O–H groups in total. The second-order valence-electron chi connectivity index (χ2n) is 8.27. The summed E-state index contributed by atoms with van der Waals surface area (Å²) in [6, 6.07) is 6.24. The summed E-state index contributed by atoms with van der Waals surface area (Å²) in [4.78, 5) is 12.1. The lowest BCUT2D eigenvalue weighted by atomic mass is 9.91. The zero-order valence-corrected chi connectivity index (χ0v) is 18.1. The van der Waals surface area contributed by atoms with E-state index in [9.17, 15) is 9.90 Å². The Kier molecular flexibility index (Phi) is 7.68. The smallest absolute Gasteiger partial charge is 0.273 e. The van der Waals surface area contributed by atoms with Crippen LogP contribution in [0, 0.1) is 5.92 Å². The predicted molar refractivity (Wildman–Crippen MR) is 115 cm³/mol. The number of aromatic nitrogens is 3. The van der Waals surface area contributed by atoms with Gasteiger partial charge in [0.25, 0.3) is 5.91 Å². The van der Waals surface area contributed by atoms with Crippen LogP contribution in [0.2, 0.25) is 0 Å². The third kappa shape index (κ3) is 5.72. The molecule has 8 heteroatoms. The van der Waals surface area contributed by atoms with Crippen molar-refractivity contribution >= 4 is 5.91 Å². The van der Waals surface area contributed by atoms with E-state index in [1.807, 2.05) is 23.7 Å². The first-order chi connectivity index (χ1) is 14.5. The molecule has 3 rings (SSSR count). The largest absolute Gasteiger partial charge is 0.504 e. The number of ether oxygens (including phenoxy) is 1. The van der Waals surface area contributed by atoms with Gasteiger partial charge in [0.1, 0.15) is 0 Å². The average molecular weight is 416 g/mol. The number of rotatable bonds is 9. The second kappa shape index (κ2) is 10.4. The molecule has 1 aliphatic carbocycles. The Balaban J connectivity index is 1.48. The van der Waals surface area contributed by atoms with Crippen LogP contribution in [0.4, 0.5) is 0 Å². The van der Waals surface area contributed by atoms with Gasteiger partial charge in [0.05, 0.1) is 18.8 Å². The Morgan fingerprint density at radius 1 is 1.30 bits per heavy atom. The first-order valence-corrected chi connectivity index (χ1v) is 10.8. The van der Waals surface area contributed by atoms with E-state index in [4.69, 9.17) is 4.74 Å². The van der Waals surface area contributed by atoms with Gasteiger partial charge in [0.15, 0.2) is 17.2 Å². The van der Waals surface area contributed by atoms with Crippen molar-refractivity contribution in [2.45, 2.75) is 65.1 Å². The molecule has 164 valence electrons. The molecule has 2 aromatic rings. The molecule has 1 heterocycles. The number of aromatic hydroxyl groups is 1. The van der Waals surface area contributed by atoms with E-state index in [0.29, 0.717) is 43.1 Å². The lowest BCUT2D eigenvalue weighted by molar-refractivity contribution is 0.0944. The SMILES string of the molecule is CCOc1cccc(CNC2CCC(n3cc(C(=O)NCC(C)C)nn3)CC2)c1O. The van der Waals surface area contributed by atoms with Gasteiger partial charge in [-0.05, 0) is 44.6 Å². The lowest BCUT2D eigenvalue weighted by Gasteiger charge is -2.29. The molecule has 0 unspecified atom stereocenters. The quantitative estimate of drug-likeness (QED) is 0.582. The van der Waals surface area contributed by atoms with Gasteiger partial charge < -0.3 is 20.5 Å². The molecule has 0 saturated heterocycles. The summed E-state index contributed by atoms with van der Waals surface area (Å²) in [7, 11) is 0. The Labute approximate surface area is 178 Å². The molecule has 1 aromatic heterocycles. The Bertz CT molecular complexity index is 828. The Morgan fingerprint density at radius 3 is 2.77 bits per heavy atom. The number of nitrogens with one attached hydrogen (secondary N) is 2. The summed E-state index contributed by atoms with van der Waals surface area (Å²) in [5.41, 5.74) is 1.22. The zero-order chi connectivity index (χ0) is 21.5. The number of nitrogens with zero attached hydrogens (tertiary/aromatic N) is 3. The Morgan fingerprint density at radius 2 is 2.07 bits per heavy atom. The van der Waals surface area contributed by atoms with Crippen LogP contribution in [0.3, 0.4) is 0 Å². The highest BCUT2D eigenvalue weighted by atomic mass is 16.5. The number of hydrogen-bond donors (Lipinski definition) is 3. The molecule has 1 aromatic carbocycles. The predicted octanol–water partition coefficient (Wildman–Crippen LogP) is 3.04. The summed E-state index contributed by atoms with van der Waals surface area (Å²) in [5, 5.41) is 25.0. The van der Waals surface area contributed by atoms with Crippen molar-refractivity contribution < 1.29 is 14.6 Å². The molecule has 0 atom stereocenters. The van der Waals surface area contributed by atoms with Gasteiger partial charge in [-0.2, -0.15) is 0 Å². The molecule has 1 amide bonds. The number of carbonyl (C=O) groups excluding carboxylic acids is 1. The van der Waals surface area contributed by atoms with Gasteiger partial charge in [-0.3, -0.25) is 4.79 Å². The van der Waals surface area contributed by atoms with E-state index < -0.39 is 0 Å². The van der Waals surface area contributed by atoms with E-state index in [1.54, 1.807) is 12.3 Å². The summed E-state index contributed by atoms with van der Waals surface area (Å²) >= 11 is 0. The molecule has 1 fully saturated rings. The van der Waals surface area contributed by atoms with E-state index in [0.717, 1.165) is 31.2 Å². The monoisotopic (exact) mass is 415 g/mol. The summed E-state index contributed by atoms with van der Waals surface area (Å²) in [6.45, 7) is 7.77. The molecule has 0 bridgehead atoms. The minimum atomic E-state index is -0.167. The van der Waals surface area contributed by atoms with E-state index in [1.165, 1.54) is 0 Å². The van der Waals surface area contributed by atoms with E-state index in [-0.39, 0.29) is 17.7 Å². The maximum absolute atomic E-state index is 12.1. The van der Waals surface area contributed by atoms with Crippen molar-refractivity contribution in [2.24, 2.45) is 5.92 Å². The number of para-hydroxylation sites is 1. The van der Waals surface area contributed by atoms with Crippen LogP contribution in [-0.4, -0.2) is 45.2 Å². The van der Waals surface area contributed by atoms with Crippen LogP contribution in [0.25, 0.3) is 0 Å². The van der Waals surface area contributed by atoms with Crippen molar-refractivity contribution in [3.8, 4) is 11.5 Å². The highest BCUT2D eigenvalue weighted by Crippen LogP contribution is 2.31. The molecule has 0 spiro atoms. The first-order valence-electron chi connectivity index (χ1n) is 10.8. The van der Waals surface area contributed by atoms with Gasteiger partial charge in [-0.25, -0.2) is 4.68 Å². The maximum Gasteiger partial charge on any atom is 0.273 e. The fourth-order valence-electron chi connectivity index (χ4n) is 3.73. The second-order valence-corrected chi connectivity index (χ2v) is 8.27. The molecule has 1 aliphatic rings. The van der Waals surface area contributed by atoms with E-state index in [2.05, 4.69) is 34.8 Å². The third-order valence-corrected chi connectivity index (χ3v) is 5.45. The Hall–Kier alpha value is -2.61. The van der Waals surface area contributed by atoms with Crippen LogP contribution in [0.5, 0.6) is 11.5 Å². The molecule has 0 aliphatic heterocycles. The number of hydrogen-bond acceptors (Lipinski definition) is 6. The van der Waals surface area contributed by atoms with Crippen LogP contribution in [0.15, 0.2) is 24.4 Å². The van der Waals surface area contributed by atoms with Crippen molar-refractivity contribution in [2.75, 3.05) is 13.2 Å². The number of phenolic OH excluding ortho intramolecular Hbond substituents is 1. The fraction of sp³-hybridized carbons (Fsp3) is 0.591. The van der Waals surface area contributed by atoms with Gasteiger partial charge in [0.2, 0.25) is 0 Å². The van der Waals surface area contributed by atoms with Gasteiger partial charge in [-0.15, -0.1) is 5.10 Å². The van der Waals surface area contributed by atoms with Crippen molar-refractivity contribution in [1.29, 1.82) is 0 Å². The van der Waals surface area contributed by atoms with Crippen molar-refractivity contribution in [3.05, 3.63) is 35.7 Å². The summed E-state index contributed by atoms with van der Waals surface area (Å²) in [6.07, 6.45) is 5.71. The third-order valence-electron chi connectivity index (χ3n) is 5.45. The maximum atomic E-state index is 12.1. The van der Waals surface area contributed by atoms with Crippen molar-refractivity contribution in [3.63, 3.8) is 0 Å². The summed E-state index contributed by atoms with van der Waals surface area (Å²) in [5.74, 6) is 0.973. The van der Waals surface area contributed by atoms with Crippen molar-refractivity contribution in [1.82, 2.24) is 25.6 Å². The standard InChI is InChI=1S/C22H33N5O3/c1-4-30-20-7-5-6-16(21(20)28)13-23-17-8-10-18(11-9-17)27-14-19(25-26-27)22(29)24-12-15(2)3/h5-7,14-15,17-18,23,28H,4,8-13H2,1-3H3,(H,24,29). The molecular weight excluding hydrogens is 382 g/mol. The first kappa shape index (κ1) is 22.1. The topological polar surface area (TPSA) is 101 Å². The highest BCUT2D eigenvalue weighted by molar-refractivity contribution is 5.91. The zero-order valence-electron chi connectivity index (χ0n) is 18.1. The highest BCUT2D eigenvalue weighted by Gasteiger charge is 2.24. The molecular formula is C22H33N5O3. The average Bonchev–Trinajstić information content (AvgIpc) is 3.23. The molecule has 8 nitrogen and oxygen atoms in total. The van der Waals surface area contributed by atoms with Gasteiger partial charge in [-0.1, -0.05) is 31.2 Å². The molecule has 0 radical (unpaired) electrons. The van der Waals surface area contributed by atoms with Crippen LogP contribution in [0.1, 0.15) is 68.5 Å². The number of amides is 1. The van der Waals surface area contributed by atoms with Gasteiger partial charge >= 0.3 is 0 Å². The fourth-order valence-corrected chi connectivity index (χ4v) is 3.73. The summed E-state index contributed by atoms with van der Waals surface area (Å²) < 4.78 is 7.29. The minimum absolute atomic E-state index is 0.167. The number of phenols is 1. The molecule has 1 saturated carbocycles. The number of carbonyl (C=O) groups is 1. The normalized spacial score (nSPS) is 19.1. The van der Waals surface area contributed by atoms with E-state index >= 15 is 0 Å². The minimum Gasteiger partial charge on any atom is -0.504 e. The van der Waals surface area contributed by atoms with Crippen LogP contribution >= 0.6 is 0 Å². The number of benzene rings is 1. The van der Waals surface area contributed by atoms with Crippen LogP contribution < -0.4 is 15.4 Å². The lowest BCUT2D eigenvalue weighted by Crippen LogP contribution is -2.33.